The number of piperidine rings is 1. The van der Waals surface area contributed by atoms with Crippen LogP contribution in [-0.4, -0.2) is 69.9 Å². The van der Waals surface area contributed by atoms with E-state index < -0.39 is 0 Å². The average molecular weight is 515 g/mol. The summed E-state index contributed by atoms with van der Waals surface area (Å²) in [7, 11) is 0. The topological polar surface area (TPSA) is 52.1 Å². The summed E-state index contributed by atoms with van der Waals surface area (Å²) in [6, 6.07) is 8.93. The number of morpholine rings is 1. The predicted octanol–water partition coefficient (Wildman–Crippen LogP) is 2.93. The highest BCUT2D eigenvalue weighted by molar-refractivity contribution is 14.0. The summed E-state index contributed by atoms with van der Waals surface area (Å²) in [4.78, 5) is 9.69. The fraction of sp³-hybridized carbons (Fsp3) is 0.682. The van der Waals surface area contributed by atoms with Gasteiger partial charge in [0.25, 0.3) is 0 Å². The summed E-state index contributed by atoms with van der Waals surface area (Å²) in [6.07, 6.45) is 2.60. The first-order valence-corrected chi connectivity index (χ1v) is 10.9. The quantitative estimate of drug-likeness (QED) is 0.333. The van der Waals surface area contributed by atoms with Crippen molar-refractivity contribution in [3.05, 3.63) is 29.8 Å². The third kappa shape index (κ3) is 8.30. The van der Waals surface area contributed by atoms with Gasteiger partial charge < -0.3 is 20.3 Å². The molecule has 164 valence electrons. The molecule has 2 aliphatic heterocycles. The SMILES string of the molecule is CCNC(=NCc1ccc(N2CCC(C)CC2)cc1)NCCN1CCOCC1.I. The molecule has 0 aromatic heterocycles. The highest BCUT2D eigenvalue weighted by Crippen LogP contribution is 2.23. The smallest absolute Gasteiger partial charge is 0.191 e. The van der Waals surface area contributed by atoms with E-state index in [0.29, 0.717) is 6.54 Å². The molecule has 0 radical (unpaired) electrons. The molecule has 2 aliphatic rings. The molecule has 29 heavy (non-hydrogen) atoms. The van der Waals surface area contributed by atoms with Crippen LogP contribution in [0.2, 0.25) is 0 Å². The van der Waals surface area contributed by atoms with E-state index in [1.807, 2.05) is 0 Å². The highest BCUT2D eigenvalue weighted by atomic mass is 127. The molecule has 2 heterocycles. The number of hydrogen-bond donors (Lipinski definition) is 2. The third-order valence-corrected chi connectivity index (χ3v) is 5.67. The molecule has 2 fully saturated rings. The molecule has 1 aromatic rings. The molecular formula is C22H38IN5O. The second kappa shape index (κ2) is 13.3. The van der Waals surface area contributed by atoms with Gasteiger partial charge in [-0.15, -0.1) is 24.0 Å². The third-order valence-electron chi connectivity index (χ3n) is 5.67. The van der Waals surface area contributed by atoms with Crippen molar-refractivity contribution in [3.63, 3.8) is 0 Å². The van der Waals surface area contributed by atoms with Crippen molar-refractivity contribution in [2.24, 2.45) is 10.9 Å². The minimum absolute atomic E-state index is 0. The summed E-state index contributed by atoms with van der Waals surface area (Å²) in [6.45, 7) is 14.1. The van der Waals surface area contributed by atoms with Crippen LogP contribution < -0.4 is 15.5 Å². The molecule has 0 atom stereocenters. The molecule has 2 N–H and O–H groups in total. The first-order chi connectivity index (χ1) is 13.7. The number of halogens is 1. The molecule has 0 unspecified atom stereocenters. The summed E-state index contributed by atoms with van der Waals surface area (Å²) in [5.74, 6) is 1.76. The van der Waals surface area contributed by atoms with Gasteiger partial charge in [-0.1, -0.05) is 19.1 Å². The Morgan fingerprint density at radius 2 is 1.76 bits per heavy atom. The second-order valence-electron chi connectivity index (χ2n) is 7.91. The van der Waals surface area contributed by atoms with Crippen molar-refractivity contribution in [1.29, 1.82) is 0 Å². The van der Waals surface area contributed by atoms with E-state index in [-0.39, 0.29) is 24.0 Å². The van der Waals surface area contributed by atoms with E-state index in [1.165, 1.54) is 37.2 Å². The molecule has 7 heteroatoms. The Hall–Kier alpha value is -1.06. The largest absolute Gasteiger partial charge is 0.379 e. The molecule has 1 aromatic carbocycles. The Bertz CT molecular complexity index is 596. The van der Waals surface area contributed by atoms with Crippen LogP contribution in [0.1, 0.15) is 32.3 Å². The zero-order chi connectivity index (χ0) is 19.6. The van der Waals surface area contributed by atoms with Crippen LogP contribution in [-0.2, 0) is 11.3 Å². The van der Waals surface area contributed by atoms with Gasteiger partial charge in [0.1, 0.15) is 0 Å². The molecule has 0 amide bonds. The number of hydrogen-bond acceptors (Lipinski definition) is 4. The summed E-state index contributed by atoms with van der Waals surface area (Å²) >= 11 is 0. The molecule has 2 saturated heterocycles. The van der Waals surface area contributed by atoms with Crippen molar-refractivity contribution >= 4 is 35.6 Å². The monoisotopic (exact) mass is 515 g/mol. The van der Waals surface area contributed by atoms with Gasteiger partial charge in [-0.05, 0) is 43.4 Å². The lowest BCUT2D eigenvalue weighted by atomic mass is 9.99. The van der Waals surface area contributed by atoms with E-state index in [1.54, 1.807) is 0 Å². The number of nitrogens with one attached hydrogen (secondary N) is 2. The molecular weight excluding hydrogens is 477 g/mol. The van der Waals surface area contributed by atoms with Crippen molar-refractivity contribution in [1.82, 2.24) is 15.5 Å². The van der Waals surface area contributed by atoms with Crippen molar-refractivity contribution in [3.8, 4) is 0 Å². The molecule has 6 nitrogen and oxygen atoms in total. The van der Waals surface area contributed by atoms with Gasteiger partial charge in [-0.2, -0.15) is 0 Å². The maximum Gasteiger partial charge on any atom is 0.191 e. The van der Waals surface area contributed by atoms with E-state index >= 15 is 0 Å². The molecule has 0 spiro atoms. The first-order valence-electron chi connectivity index (χ1n) is 10.9. The Morgan fingerprint density at radius 1 is 1.07 bits per heavy atom. The number of rotatable bonds is 7. The lowest BCUT2D eigenvalue weighted by Crippen LogP contribution is -2.44. The van der Waals surface area contributed by atoms with Crippen LogP contribution in [0, 0.1) is 5.92 Å². The normalized spacial score (nSPS) is 19.0. The van der Waals surface area contributed by atoms with Gasteiger partial charge in [-0.25, -0.2) is 4.99 Å². The fourth-order valence-corrected chi connectivity index (χ4v) is 3.75. The van der Waals surface area contributed by atoms with Crippen LogP contribution >= 0.6 is 24.0 Å². The van der Waals surface area contributed by atoms with Crippen molar-refractivity contribution in [2.75, 3.05) is 63.9 Å². The number of guanidine groups is 1. The van der Waals surface area contributed by atoms with Gasteiger partial charge in [0.2, 0.25) is 0 Å². The zero-order valence-corrected chi connectivity index (χ0v) is 20.4. The van der Waals surface area contributed by atoms with Crippen LogP contribution in [0.5, 0.6) is 0 Å². The van der Waals surface area contributed by atoms with Crippen molar-refractivity contribution < 1.29 is 4.74 Å². The van der Waals surface area contributed by atoms with E-state index in [9.17, 15) is 0 Å². The van der Waals surface area contributed by atoms with Crippen LogP contribution in [0.3, 0.4) is 0 Å². The van der Waals surface area contributed by atoms with Gasteiger partial charge in [0, 0.05) is 51.5 Å². The Kier molecular flexibility index (Phi) is 11.1. The maximum absolute atomic E-state index is 5.40. The van der Waals surface area contributed by atoms with Gasteiger partial charge in [-0.3, -0.25) is 4.90 Å². The Morgan fingerprint density at radius 3 is 2.41 bits per heavy atom. The van der Waals surface area contributed by atoms with E-state index in [2.05, 4.69) is 58.5 Å². The number of benzene rings is 1. The minimum atomic E-state index is 0. The minimum Gasteiger partial charge on any atom is -0.379 e. The summed E-state index contributed by atoms with van der Waals surface area (Å²) in [5, 5.41) is 6.80. The number of nitrogens with zero attached hydrogens (tertiary/aromatic N) is 3. The number of anilines is 1. The van der Waals surface area contributed by atoms with Crippen LogP contribution in [0.25, 0.3) is 0 Å². The van der Waals surface area contributed by atoms with Gasteiger partial charge >= 0.3 is 0 Å². The summed E-state index contributed by atoms with van der Waals surface area (Å²) < 4.78 is 5.40. The number of aliphatic imine (C=N–C) groups is 1. The van der Waals surface area contributed by atoms with Crippen molar-refractivity contribution in [2.45, 2.75) is 33.2 Å². The Labute approximate surface area is 193 Å². The average Bonchev–Trinajstić information content (AvgIpc) is 2.74. The molecule has 0 bridgehead atoms. The summed E-state index contributed by atoms with van der Waals surface area (Å²) in [5.41, 5.74) is 2.59. The highest BCUT2D eigenvalue weighted by Gasteiger charge is 2.15. The standard InChI is InChI=1S/C22H37N5O.HI/c1-3-23-22(24-10-13-26-14-16-28-17-15-26)25-18-20-4-6-21(7-5-20)27-11-8-19(2)9-12-27;/h4-7,19H,3,8-18H2,1-2H3,(H2,23,24,25);1H. The lowest BCUT2D eigenvalue weighted by molar-refractivity contribution is 0.0389. The van der Waals surface area contributed by atoms with Gasteiger partial charge in [0.05, 0.1) is 19.8 Å². The lowest BCUT2D eigenvalue weighted by Gasteiger charge is -2.32. The second-order valence-corrected chi connectivity index (χ2v) is 7.91. The fourth-order valence-electron chi connectivity index (χ4n) is 3.75. The molecule has 3 rings (SSSR count). The maximum atomic E-state index is 5.40. The van der Waals surface area contributed by atoms with E-state index in [0.717, 1.165) is 57.8 Å². The van der Waals surface area contributed by atoms with Gasteiger partial charge in [0.15, 0.2) is 5.96 Å². The Balaban J connectivity index is 0.00000300. The van der Waals surface area contributed by atoms with E-state index in [4.69, 9.17) is 9.73 Å². The van der Waals surface area contributed by atoms with Crippen LogP contribution in [0.15, 0.2) is 29.3 Å². The first kappa shape index (κ1) is 24.2. The van der Waals surface area contributed by atoms with Crippen LogP contribution in [0.4, 0.5) is 5.69 Å². The molecule has 0 aliphatic carbocycles. The zero-order valence-electron chi connectivity index (χ0n) is 18.0. The molecule has 0 saturated carbocycles. The predicted molar refractivity (Wildman–Crippen MR) is 133 cm³/mol. The number of ether oxygens (including phenoxy) is 1.